The number of nitrogens with one attached hydrogen (secondary N) is 1. The monoisotopic (exact) mass is 395 g/mol. The summed E-state index contributed by atoms with van der Waals surface area (Å²) >= 11 is 0. The summed E-state index contributed by atoms with van der Waals surface area (Å²) in [4.78, 5) is 28.6. The van der Waals surface area contributed by atoms with E-state index in [9.17, 15) is 14.0 Å². The number of halogens is 1. The molecule has 0 aliphatic carbocycles. The van der Waals surface area contributed by atoms with Crippen molar-refractivity contribution < 1.29 is 14.0 Å². The maximum Gasteiger partial charge on any atom is 0.321 e. The Morgan fingerprint density at radius 3 is 2.52 bits per heavy atom. The van der Waals surface area contributed by atoms with Crippen LogP contribution in [0.4, 0.5) is 14.9 Å². The Morgan fingerprint density at radius 2 is 1.86 bits per heavy atom. The van der Waals surface area contributed by atoms with Gasteiger partial charge >= 0.3 is 6.03 Å². The lowest BCUT2D eigenvalue weighted by molar-refractivity contribution is -0.130. The molecule has 2 fully saturated rings. The van der Waals surface area contributed by atoms with Gasteiger partial charge in [-0.25, -0.2) is 9.18 Å². The second kappa shape index (κ2) is 7.85. The Bertz CT molecular complexity index is 915. The van der Waals surface area contributed by atoms with E-state index in [1.54, 1.807) is 13.0 Å². The number of nitrogens with zero attached hydrogens (tertiary/aromatic N) is 2. The van der Waals surface area contributed by atoms with Crippen LogP contribution >= 0.6 is 0 Å². The molecule has 3 atom stereocenters. The number of carbonyl (C=O) groups excluding carboxylic acids is 2. The molecule has 2 aliphatic rings. The van der Waals surface area contributed by atoms with Crippen molar-refractivity contribution in [1.29, 1.82) is 0 Å². The quantitative estimate of drug-likeness (QED) is 0.852. The Morgan fingerprint density at radius 1 is 1.10 bits per heavy atom. The third kappa shape index (κ3) is 3.84. The molecule has 2 saturated heterocycles. The maximum absolute atomic E-state index is 13.8. The second-order valence-electron chi connectivity index (χ2n) is 7.98. The highest BCUT2D eigenvalue weighted by Crippen LogP contribution is 2.45. The van der Waals surface area contributed by atoms with Gasteiger partial charge in [0, 0.05) is 44.1 Å². The molecule has 0 spiro atoms. The number of hydrogen-bond acceptors (Lipinski definition) is 2. The average Bonchev–Trinajstić information content (AvgIpc) is 3.26. The van der Waals surface area contributed by atoms with E-state index in [-0.39, 0.29) is 35.6 Å². The molecule has 1 N–H and O–H groups in total. The predicted octanol–water partition coefficient (Wildman–Crippen LogP) is 4.07. The van der Waals surface area contributed by atoms with E-state index in [2.05, 4.69) is 12.2 Å². The van der Waals surface area contributed by atoms with E-state index >= 15 is 0 Å². The van der Waals surface area contributed by atoms with Gasteiger partial charge in [0.15, 0.2) is 0 Å². The van der Waals surface area contributed by atoms with Gasteiger partial charge in [0.25, 0.3) is 0 Å². The van der Waals surface area contributed by atoms with E-state index in [4.69, 9.17) is 0 Å². The number of urea groups is 1. The molecule has 3 amide bonds. The van der Waals surface area contributed by atoms with Crippen LogP contribution in [0.5, 0.6) is 0 Å². The largest absolute Gasteiger partial charge is 0.335 e. The van der Waals surface area contributed by atoms with Crippen molar-refractivity contribution in [3.8, 4) is 0 Å². The number of aryl methyl sites for hydroxylation is 1. The molecule has 2 aromatic rings. The van der Waals surface area contributed by atoms with Crippen molar-refractivity contribution >= 4 is 17.6 Å². The predicted molar refractivity (Wildman–Crippen MR) is 110 cm³/mol. The first-order chi connectivity index (χ1) is 14.0. The molecular formula is C23H26FN3O2. The van der Waals surface area contributed by atoms with Crippen LogP contribution in [0.3, 0.4) is 0 Å². The average molecular weight is 395 g/mol. The van der Waals surface area contributed by atoms with Crippen molar-refractivity contribution in [3.63, 3.8) is 0 Å². The molecule has 2 aliphatic heterocycles. The summed E-state index contributed by atoms with van der Waals surface area (Å²) in [6, 6.07) is 14.0. The molecular weight excluding hydrogens is 369 g/mol. The van der Waals surface area contributed by atoms with Gasteiger partial charge in [0.2, 0.25) is 5.91 Å². The lowest BCUT2D eigenvalue weighted by atomic mass is 9.89. The molecule has 2 aromatic carbocycles. The van der Waals surface area contributed by atoms with Gasteiger partial charge in [-0.2, -0.15) is 0 Å². The highest BCUT2D eigenvalue weighted by molar-refractivity contribution is 5.89. The minimum absolute atomic E-state index is 0.0133. The molecule has 2 heterocycles. The molecule has 0 aromatic heterocycles. The van der Waals surface area contributed by atoms with Gasteiger partial charge in [-0.15, -0.1) is 0 Å². The molecule has 5 nitrogen and oxygen atoms in total. The van der Waals surface area contributed by atoms with E-state index in [1.165, 1.54) is 17.7 Å². The molecule has 0 unspecified atom stereocenters. The summed E-state index contributed by atoms with van der Waals surface area (Å²) in [6.45, 7) is 5.39. The van der Waals surface area contributed by atoms with Gasteiger partial charge in [0.1, 0.15) is 5.82 Å². The second-order valence-corrected chi connectivity index (χ2v) is 7.98. The van der Waals surface area contributed by atoms with E-state index in [1.807, 2.05) is 40.1 Å². The van der Waals surface area contributed by atoms with Crippen molar-refractivity contribution in [2.24, 2.45) is 11.8 Å². The zero-order valence-electron chi connectivity index (χ0n) is 16.8. The lowest BCUT2D eigenvalue weighted by Crippen LogP contribution is -2.38. The fourth-order valence-electron chi connectivity index (χ4n) is 4.68. The Kier molecular flexibility index (Phi) is 5.26. The summed E-state index contributed by atoms with van der Waals surface area (Å²) < 4.78 is 13.8. The molecule has 6 heteroatoms. The molecule has 0 saturated carbocycles. The van der Waals surface area contributed by atoms with Gasteiger partial charge < -0.3 is 15.1 Å². The summed E-state index contributed by atoms with van der Waals surface area (Å²) in [5.41, 5.74) is 2.79. The van der Waals surface area contributed by atoms with E-state index in [0.29, 0.717) is 19.6 Å². The van der Waals surface area contributed by atoms with Gasteiger partial charge in [-0.1, -0.05) is 31.2 Å². The minimum Gasteiger partial charge on any atom is -0.335 e. The number of rotatable bonds is 3. The number of benzene rings is 2. The van der Waals surface area contributed by atoms with Crippen LogP contribution in [0.25, 0.3) is 0 Å². The molecule has 29 heavy (non-hydrogen) atoms. The number of likely N-dealkylation sites (tertiary alicyclic amines) is 2. The number of amides is 3. The van der Waals surface area contributed by atoms with Crippen LogP contribution in [0.2, 0.25) is 0 Å². The fourth-order valence-corrected chi connectivity index (χ4v) is 4.68. The first-order valence-electron chi connectivity index (χ1n) is 10.1. The van der Waals surface area contributed by atoms with Crippen molar-refractivity contribution in [2.75, 3.05) is 25.0 Å². The highest BCUT2D eigenvalue weighted by atomic mass is 19.1. The number of carbonyl (C=O) groups is 2. The van der Waals surface area contributed by atoms with E-state index < -0.39 is 0 Å². The third-order valence-corrected chi connectivity index (χ3v) is 6.16. The normalized spacial score (nSPS) is 23.2. The first-order valence-corrected chi connectivity index (χ1v) is 10.1. The van der Waals surface area contributed by atoms with Gasteiger partial charge in [-0.3, -0.25) is 4.79 Å². The standard InChI is InChI=1S/C23H26FN3O2/c1-3-16-7-9-20(10-8-16)25-23(29)26-12-18-13-27(15(2)28)22(21(18)14-26)17-5-4-6-19(24)11-17/h4-11,18,21-22H,3,12-14H2,1-2H3,(H,25,29)/t18-,21-,22+/m1/s1. The van der Waals surface area contributed by atoms with Crippen molar-refractivity contribution in [2.45, 2.75) is 26.3 Å². The Labute approximate surface area is 170 Å². The van der Waals surface area contributed by atoms with Crippen LogP contribution < -0.4 is 5.32 Å². The topological polar surface area (TPSA) is 52.7 Å². The number of fused-ring (bicyclic) bond motifs is 1. The Hall–Kier alpha value is -2.89. The number of hydrogen-bond donors (Lipinski definition) is 1. The molecule has 152 valence electrons. The van der Waals surface area contributed by atoms with Crippen LogP contribution in [0.1, 0.15) is 31.0 Å². The third-order valence-electron chi connectivity index (χ3n) is 6.16. The van der Waals surface area contributed by atoms with Gasteiger partial charge in [-0.05, 0) is 41.8 Å². The van der Waals surface area contributed by atoms with Crippen LogP contribution in [-0.2, 0) is 11.2 Å². The number of anilines is 1. The first kappa shape index (κ1) is 19.4. The molecule has 4 rings (SSSR count). The van der Waals surface area contributed by atoms with Crippen molar-refractivity contribution in [1.82, 2.24) is 9.80 Å². The smallest absolute Gasteiger partial charge is 0.321 e. The summed E-state index contributed by atoms with van der Waals surface area (Å²) in [7, 11) is 0. The molecule has 0 bridgehead atoms. The highest BCUT2D eigenvalue weighted by Gasteiger charge is 2.49. The molecule has 0 radical (unpaired) electrons. The zero-order valence-corrected chi connectivity index (χ0v) is 16.8. The minimum atomic E-state index is -0.308. The van der Waals surface area contributed by atoms with Crippen LogP contribution in [0.15, 0.2) is 48.5 Å². The van der Waals surface area contributed by atoms with Crippen LogP contribution in [0, 0.1) is 17.7 Å². The van der Waals surface area contributed by atoms with E-state index in [0.717, 1.165) is 17.7 Å². The Balaban J connectivity index is 1.49. The maximum atomic E-state index is 13.8. The fraction of sp³-hybridized carbons (Fsp3) is 0.391. The zero-order chi connectivity index (χ0) is 20.5. The van der Waals surface area contributed by atoms with Crippen LogP contribution in [-0.4, -0.2) is 41.4 Å². The summed E-state index contributed by atoms with van der Waals surface area (Å²) in [5.74, 6) is -0.0208. The van der Waals surface area contributed by atoms with Crippen molar-refractivity contribution in [3.05, 3.63) is 65.5 Å². The summed E-state index contributed by atoms with van der Waals surface area (Å²) in [5, 5.41) is 2.97. The summed E-state index contributed by atoms with van der Waals surface area (Å²) in [6.07, 6.45) is 0.956. The van der Waals surface area contributed by atoms with Gasteiger partial charge in [0.05, 0.1) is 6.04 Å². The lowest BCUT2D eigenvalue weighted by Gasteiger charge is -2.29. The SMILES string of the molecule is CCc1ccc(NC(=O)N2C[C@@H]3CN(C(C)=O)[C@@H](c4cccc(F)c4)[C@@H]3C2)cc1.